The second kappa shape index (κ2) is 13.9. The number of nitro groups is 1. The summed E-state index contributed by atoms with van der Waals surface area (Å²) in [6.45, 7) is 4.13. The summed E-state index contributed by atoms with van der Waals surface area (Å²) in [7, 11) is 0. The summed E-state index contributed by atoms with van der Waals surface area (Å²) in [5.74, 6) is 0.323. The Hall–Kier alpha value is -4.77. The highest BCUT2D eigenvalue weighted by Crippen LogP contribution is 2.37. The van der Waals surface area contributed by atoms with Crippen molar-refractivity contribution in [2.45, 2.75) is 27.1 Å². The van der Waals surface area contributed by atoms with Crippen LogP contribution >= 0.6 is 34.8 Å². The third-order valence-corrected chi connectivity index (χ3v) is 7.51. The number of aryl methyl sites for hydroxylation is 2. The van der Waals surface area contributed by atoms with Gasteiger partial charge in [-0.15, -0.1) is 0 Å². The highest BCUT2D eigenvalue weighted by molar-refractivity contribution is 6.35. The maximum Gasteiger partial charge on any atom is 0.313 e. The van der Waals surface area contributed by atoms with Gasteiger partial charge in [0.2, 0.25) is 5.75 Å². The first-order chi connectivity index (χ1) is 21.6. The van der Waals surface area contributed by atoms with Crippen molar-refractivity contribution in [3.8, 4) is 17.2 Å². The van der Waals surface area contributed by atoms with Crippen molar-refractivity contribution in [1.29, 1.82) is 0 Å². The monoisotopic (exact) mass is 666 g/mol. The number of carbonyl (C=O) groups excluding carboxylic acids is 1. The molecule has 0 saturated heterocycles. The van der Waals surface area contributed by atoms with E-state index >= 15 is 0 Å². The number of hydrogen-bond donors (Lipinski definition) is 1. The van der Waals surface area contributed by atoms with Crippen molar-refractivity contribution in [1.82, 2.24) is 9.99 Å². The second-order valence-corrected chi connectivity index (χ2v) is 11.1. The van der Waals surface area contributed by atoms with Crippen molar-refractivity contribution >= 4 is 52.6 Å². The first-order valence-corrected chi connectivity index (χ1v) is 14.6. The molecule has 5 aromatic rings. The molecule has 0 saturated carbocycles. The van der Waals surface area contributed by atoms with E-state index < -0.39 is 10.8 Å². The van der Waals surface area contributed by atoms with Crippen LogP contribution in [0.25, 0.3) is 5.69 Å². The lowest BCUT2D eigenvalue weighted by atomic mass is 10.2. The van der Waals surface area contributed by atoms with E-state index in [1.165, 1.54) is 30.5 Å². The number of amides is 1. The van der Waals surface area contributed by atoms with Gasteiger partial charge in [0, 0.05) is 44.3 Å². The van der Waals surface area contributed by atoms with Crippen molar-refractivity contribution < 1.29 is 23.6 Å². The summed E-state index contributed by atoms with van der Waals surface area (Å²) < 4.78 is 19.2. The summed E-state index contributed by atoms with van der Waals surface area (Å²) in [5.41, 5.74) is 6.06. The standard InChI is InChI=1S/C32H25Cl3N4O6/c1-19-3-4-20(2)38(19)24-7-9-25(10-8-24)43-18-26-11-12-30(45-26)32(40)37-36-16-21-13-28(35)31(29(14-21)39(41)42)44-17-22-5-6-23(33)15-27(22)34/h3-16H,17-18H2,1-2H3,(H,37,40)/b36-16+. The predicted octanol–water partition coefficient (Wildman–Crippen LogP) is 8.48. The van der Waals surface area contributed by atoms with E-state index in [-0.39, 0.29) is 41.0 Å². The first-order valence-electron chi connectivity index (χ1n) is 13.4. The van der Waals surface area contributed by atoms with Crippen molar-refractivity contribution in [3.05, 3.63) is 138 Å². The Morgan fingerprint density at radius 2 is 1.67 bits per heavy atom. The number of carbonyl (C=O) groups is 1. The largest absolute Gasteiger partial charge is 0.486 e. The Morgan fingerprint density at radius 1 is 0.933 bits per heavy atom. The van der Waals surface area contributed by atoms with Crippen LogP contribution in [0.1, 0.15) is 38.8 Å². The summed E-state index contributed by atoms with van der Waals surface area (Å²) >= 11 is 18.4. The Bertz CT molecular complexity index is 1880. The number of nitrogens with one attached hydrogen (secondary N) is 1. The van der Waals surface area contributed by atoms with Gasteiger partial charge in [-0.05, 0) is 80.6 Å². The van der Waals surface area contributed by atoms with Gasteiger partial charge in [0.05, 0.1) is 16.2 Å². The molecule has 0 aliphatic rings. The van der Waals surface area contributed by atoms with Gasteiger partial charge in [0.15, 0.2) is 5.76 Å². The van der Waals surface area contributed by atoms with E-state index in [4.69, 9.17) is 48.7 Å². The van der Waals surface area contributed by atoms with E-state index in [2.05, 4.69) is 27.2 Å². The fourth-order valence-electron chi connectivity index (χ4n) is 4.46. The molecule has 0 radical (unpaired) electrons. The van der Waals surface area contributed by atoms with Crippen LogP contribution in [-0.4, -0.2) is 21.6 Å². The van der Waals surface area contributed by atoms with E-state index in [0.717, 1.165) is 17.1 Å². The van der Waals surface area contributed by atoms with Crippen LogP contribution < -0.4 is 14.9 Å². The molecule has 5 rings (SSSR count). The molecule has 0 atom stereocenters. The lowest BCUT2D eigenvalue weighted by molar-refractivity contribution is -0.385. The number of hydrazone groups is 1. The Morgan fingerprint density at radius 3 is 2.36 bits per heavy atom. The van der Waals surface area contributed by atoms with Gasteiger partial charge in [-0.25, -0.2) is 5.43 Å². The van der Waals surface area contributed by atoms with Crippen LogP contribution in [0.5, 0.6) is 11.5 Å². The van der Waals surface area contributed by atoms with Crippen LogP contribution in [0, 0.1) is 24.0 Å². The molecule has 3 aromatic carbocycles. The van der Waals surface area contributed by atoms with Crippen LogP contribution in [0.2, 0.25) is 15.1 Å². The zero-order valence-electron chi connectivity index (χ0n) is 23.9. The Kier molecular flexibility index (Phi) is 9.77. The smallest absolute Gasteiger partial charge is 0.313 e. The molecule has 1 N–H and O–H groups in total. The summed E-state index contributed by atoms with van der Waals surface area (Å²) in [6, 6.07) is 22.3. The maximum absolute atomic E-state index is 12.6. The average molecular weight is 668 g/mol. The molecule has 45 heavy (non-hydrogen) atoms. The number of nitro benzene ring substituents is 1. The molecule has 10 nitrogen and oxygen atoms in total. The molecule has 0 unspecified atom stereocenters. The lowest BCUT2D eigenvalue weighted by Crippen LogP contribution is -2.16. The van der Waals surface area contributed by atoms with E-state index in [1.807, 2.05) is 38.1 Å². The van der Waals surface area contributed by atoms with Crippen LogP contribution in [0.3, 0.4) is 0 Å². The Balaban J connectivity index is 1.17. The molecular weight excluding hydrogens is 643 g/mol. The lowest BCUT2D eigenvalue weighted by Gasteiger charge is -2.11. The van der Waals surface area contributed by atoms with Gasteiger partial charge in [-0.2, -0.15) is 5.10 Å². The van der Waals surface area contributed by atoms with Crippen LogP contribution in [0.4, 0.5) is 5.69 Å². The molecule has 2 aromatic heterocycles. The second-order valence-electron chi connectivity index (χ2n) is 9.83. The number of benzene rings is 3. The fourth-order valence-corrected chi connectivity index (χ4v) is 5.20. The minimum Gasteiger partial charge on any atom is -0.486 e. The predicted molar refractivity (Wildman–Crippen MR) is 172 cm³/mol. The highest BCUT2D eigenvalue weighted by atomic mass is 35.5. The van der Waals surface area contributed by atoms with Gasteiger partial charge in [0.1, 0.15) is 24.7 Å². The van der Waals surface area contributed by atoms with Gasteiger partial charge in [0.25, 0.3) is 0 Å². The third-order valence-electron chi connectivity index (χ3n) is 6.64. The number of hydrogen-bond acceptors (Lipinski definition) is 7. The minimum absolute atomic E-state index is 0.00766. The SMILES string of the molecule is Cc1ccc(C)n1-c1ccc(OCc2ccc(C(=O)N/N=C/c3cc(Cl)c(OCc4ccc(Cl)cc4Cl)c([N+](=O)[O-])c3)o2)cc1. The minimum atomic E-state index is -0.633. The molecule has 1 amide bonds. The molecule has 0 aliphatic heterocycles. The van der Waals surface area contributed by atoms with Crippen LogP contribution in [0.15, 0.2) is 88.4 Å². The van der Waals surface area contributed by atoms with Crippen molar-refractivity contribution in [3.63, 3.8) is 0 Å². The van der Waals surface area contributed by atoms with E-state index in [1.54, 1.807) is 18.2 Å². The fraction of sp³-hybridized carbons (Fsp3) is 0.125. The molecule has 13 heteroatoms. The quantitative estimate of drug-likeness (QED) is 0.0857. The molecular formula is C32H25Cl3N4O6. The average Bonchev–Trinajstić information content (AvgIpc) is 3.62. The van der Waals surface area contributed by atoms with Crippen molar-refractivity contribution in [2.24, 2.45) is 5.10 Å². The van der Waals surface area contributed by atoms with Crippen molar-refractivity contribution in [2.75, 3.05) is 0 Å². The molecule has 230 valence electrons. The first kappa shape index (κ1) is 31.6. The molecule has 0 spiro atoms. The van der Waals surface area contributed by atoms with Gasteiger partial charge in [-0.1, -0.05) is 40.9 Å². The molecule has 0 bridgehead atoms. The van der Waals surface area contributed by atoms with E-state index in [9.17, 15) is 14.9 Å². The molecule has 0 fully saturated rings. The number of ether oxygens (including phenoxy) is 2. The normalized spacial score (nSPS) is 11.1. The van der Waals surface area contributed by atoms with Gasteiger partial charge < -0.3 is 18.5 Å². The zero-order chi connectivity index (χ0) is 32.1. The number of rotatable bonds is 11. The van der Waals surface area contributed by atoms with Gasteiger partial charge in [-0.3, -0.25) is 14.9 Å². The van der Waals surface area contributed by atoms with E-state index in [0.29, 0.717) is 27.1 Å². The summed E-state index contributed by atoms with van der Waals surface area (Å²) in [6.07, 6.45) is 1.21. The Labute approximate surface area is 272 Å². The maximum atomic E-state index is 12.6. The molecule has 2 heterocycles. The summed E-state index contributed by atoms with van der Waals surface area (Å²) in [5, 5.41) is 16.4. The summed E-state index contributed by atoms with van der Waals surface area (Å²) in [4.78, 5) is 23.7. The number of aromatic nitrogens is 1. The number of furan rings is 1. The zero-order valence-corrected chi connectivity index (χ0v) is 26.2. The van der Waals surface area contributed by atoms with Crippen LogP contribution in [-0.2, 0) is 13.2 Å². The third kappa shape index (κ3) is 7.66. The topological polar surface area (TPSA) is 121 Å². The number of nitrogens with zero attached hydrogens (tertiary/aromatic N) is 3. The number of halogens is 3. The van der Waals surface area contributed by atoms with Gasteiger partial charge >= 0.3 is 11.6 Å². The highest BCUT2D eigenvalue weighted by Gasteiger charge is 2.21. The molecule has 0 aliphatic carbocycles.